The highest BCUT2D eigenvalue weighted by Crippen LogP contribution is 2.21. The summed E-state index contributed by atoms with van der Waals surface area (Å²) in [7, 11) is 0. The third-order valence-corrected chi connectivity index (χ3v) is 2.46. The van der Waals surface area contributed by atoms with Gasteiger partial charge in [-0.25, -0.2) is 0 Å². The van der Waals surface area contributed by atoms with Crippen LogP contribution in [0.4, 0.5) is 13.2 Å². The number of hydrogen-bond acceptors (Lipinski definition) is 2. The minimum atomic E-state index is -4.07. The van der Waals surface area contributed by atoms with Gasteiger partial charge in [0.25, 0.3) is 0 Å². The second-order valence-corrected chi connectivity index (χ2v) is 3.82. The summed E-state index contributed by atoms with van der Waals surface area (Å²) in [6.45, 7) is 5.75. The van der Waals surface area contributed by atoms with E-state index in [1.807, 2.05) is 13.8 Å². The molecule has 17 heavy (non-hydrogen) atoms. The van der Waals surface area contributed by atoms with Gasteiger partial charge >= 0.3 is 6.18 Å². The third-order valence-electron chi connectivity index (χ3n) is 2.46. The average molecular weight is 254 g/mol. The number of likely N-dealkylation sites (N-methyl/N-ethyl adjacent to an activating group) is 1. The molecule has 0 radical (unpaired) electrons. The van der Waals surface area contributed by atoms with Crippen molar-refractivity contribution in [2.24, 2.45) is 0 Å². The van der Waals surface area contributed by atoms with Gasteiger partial charge in [0.15, 0.2) is 0 Å². The molecule has 1 amide bonds. The Bertz CT molecular complexity index is 215. The number of carbonyl (C=O) groups excluding carboxylic acids is 1. The Labute approximate surface area is 100 Å². The zero-order valence-electron chi connectivity index (χ0n) is 10.4. The van der Waals surface area contributed by atoms with E-state index in [1.165, 1.54) is 0 Å². The van der Waals surface area contributed by atoms with Crippen molar-refractivity contribution in [3.63, 3.8) is 0 Å². The largest absolute Gasteiger partial charge is 0.389 e. The predicted octanol–water partition coefficient (Wildman–Crippen LogP) is 2.18. The molecule has 1 N–H and O–H groups in total. The van der Waals surface area contributed by atoms with E-state index in [2.05, 4.69) is 5.32 Å². The Balaban J connectivity index is 3.49. The first-order valence-corrected chi connectivity index (χ1v) is 5.96. The number of halogens is 3. The molecule has 0 saturated carbocycles. The fourth-order valence-corrected chi connectivity index (χ4v) is 1.46. The highest BCUT2D eigenvalue weighted by atomic mass is 19.4. The van der Waals surface area contributed by atoms with E-state index in [4.69, 9.17) is 0 Å². The number of amides is 1. The van der Waals surface area contributed by atoms with Crippen molar-refractivity contribution in [2.75, 3.05) is 26.2 Å². The van der Waals surface area contributed by atoms with Gasteiger partial charge < -0.3 is 10.2 Å². The molecule has 0 atom stereocenters. The Morgan fingerprint density at radius 1 is 1.18 bits per heavy atom. The molecule has 0 heterocycles. The number of unbranched alkanes of at least 4 members (excludes halogenated alkanes) is 1. The third kappa shape index (κ3) is 8.97. The molecule has 0 aliphatic heterocycles. The van der Waals surface area contributed by atoms with Crippen molar-refractivity contribution >= 4 is 5.91 Å². The molecule has 102 valence electrons. The minimum absolute atomic E-state index is 0.00850. The fourth-order valence-electron chi connectivity index (χ4n) is 1.46. The van der Waals surface area contributed by atoms with Crippen molar-refractivity contribution in [3.8, 4) is 0 Å². The molecule has 0 spiro atoms. The highest BCUT2D eigenvalue weighted by molar-refractivity contribution is 5.78. The van der Waals surface area contributed by atoms with Crippen LogP contribution in [0.3, 0.4) is 0 Å². The van der Waals surface area contributed by atoms with Crippen LogP contribution in [0.5, 0.6) is 0 Å². The van der Waals surface area contributed by atoms with E-state index < -0.39 is 12.6 Å². The van der Waals surface area contributed by atoms with E-state index in [0.29, 0.717) is 26.1 Å². The molecule has 6 heteroatoms. The lowest BCUT2D eigenvalue weighted by molar-refractivity contribution is -0.135. The zero-order chi connectivity index (χ0) is 13.3. The molecule has 3 nitrogen and oxygen atoms in total. The van der Waals surface area contributed by atoms with Gasteiger partial charge in [-0.1, -0.05) is 0 Å². The topological polar surface area (TPSA) is 32.3 Å². The summed E-state index contributed by atoms with van der Waals surface area (Å²) in [5.74, 6) is -0.00850. The van der Waals surface area contributed by atoms with E-state index >= 15 is 0 Å². The number of nitrogens with zero attached hydrogens (tertiary/aromatic N) is 1. The maximum Gasteiger partial charge on any atom is 0.389 e. The number of carbonyl (C=O) groups is 1. The second-order valence-electron chi connectivity index (χ2n) is 3.82. The highest BCUT2D eigenvalue weighted by Gasteiger charge is 2.25. The van der Waals surface area contributed by atoms with E-state index in [9.17, 15) is 18.0 Å². The molecule has 0 aromatic carbocycles. The van der Waals surface area contributed by atoms with Gasteiger partial charge in [0.2, 0.25) is 5.91 Å². The maximum atomic E-state index is 11.8. The summed E-state index contributed by atoms with van der Waals surface area (Å²) in [5, 5.41) is 2.86. The molecular weight excluding hydrogens is 233 g/mol. The summed E-state index contributed by atoms with van der Waals surface area (Å²) in [6, 6.07) is 0. The predicted molar refractivity (Wildman–Crippen MR) is 60.7 cm³/mol. The van der Waals surface area contributed by atoms with Gasteiger partial charge in [0, 0.05) is 19.5 Å². The molecule has 0 unspecified atom stereocenters. The van der Waals surface area contributed by atoms with Crippen LogP contribution in [0.2, 0.25) is 0 Å². The van der Waals surface area contributed by atoms with E-state index in [0.717, 1.165) is 0 Å². The number of nitrogens with one attached hydrogen (secondary N) is 1. The Morgan fingerprint density at radius 3 is 2.24 bits per heavy atom. The van der Waals surface area contributed by atoms with Gasteiger partial charge in [0.1, 0.15) is 0 Å². The van der Waals surface area contributed by atoms with Crippen LogP contribution in [0.1, 0.15) is 33.1 Å². The number of alkyl halides is 3. The van der Waals surface area contributed by atoms with Crippen LogP contribution >= 0.6 is 0 Å². The van der Waals surface area contributed by atoms with Crippen LogP contribution in [0.15, 0.2) is 0 Å². The molecule has 0 bridgehead atoms. The van der Waals surface area contributed by atoms with Gasteiger partial charge in [-0.05, 0) is 33.2 Å². The lowest BCUT2D eigenvalue weighted by Crippen LogP contribution is -2.38. The maximum absolute atomic E-state index is 11.8. The van der Waals surface area contributed by atoms with Crippen molar-refractivity contribution in [1.82, 2.24) is 10.2 Å². The van der Waals surface area contributed by atoms with Gasteiger partial charge in [-0.15, -0.1) is 0 Å². The van der Waals surface area contributed by atoms with Gasteiger partial charge in [-0.3, -0.25) is 4.79 Å². The monoisotopic (exact) mass is 254 g/mol. The Hall–Kier alpha value is -0.780. The van der Waals surface area contributed by atoms with E-state index in [-0.39, 0.29) is 18.9 Å². The Morgan fingerprint density at radius 2 is 1.76 bits per heavy atom. The van der Waals surface area contributed by atoms with Crippen molar-refractivity contribution in [3.05, 3.63) is 0 Å². The second kappa shape index (κ2) is 8.33. The van der Waals surface area contributed by atoms with Crippen molar-refractivity contribution in [1.29, 1.82) is 0 Å². The van der Waals surface area contributed by atoms with Crippen LogP contribution in [-0.4, -0.2) is 43.2 Å². The molecule has 0 aliphatic carbocycles. The van der Waals surface area contributed by atoms with Crippen LogP contribution < -0.4 is 5.32 Å². The molecule has 0 rings (SSSR count). The van der Waals surface area contributed by atoms with Crippen molar-refractivity contribution < 1.29 is 18.0 Å². The van der Waals surface area contributed by atoms with Gasteiger partial charge in [-0.2, -0.15) is 13.2 Å². The summed E-state index contributed by atoms with van der Waals surface area (Å²) < 4.78 is 35.4. The zero-order valence-corrected chi connectivity index (χ0v) is 10.4. The molecule has 0 aromatic heterocycles. The SMILES string of the molecule is CCN(CC)C(=O)CNCCCCC(F)(F)F. The summed E-state index contributed by atoms with van der Waals surface area (Å²) in [4.78, 5) is 13.2. The van der Waals surface area contributed by atoms with Gasteiger partial charge in [0.05, 0.1) is 6.54 Å². The first kappa shape index (κ1) is 16.2. The minimum Gasteiger partial charge on any atom is -0.342 e. The fraction of sp³-hybridized carbons (Fsp3) is 0.909. The quantitative estimate of drug-likeness (QED) is 0.673. The van der Waals surface area contributed by atoms with Crippen LogP contribution in [0.25, 0.3) is 0 Å². The first-order chi connectivity index (χ1) is 7.90. The average Bonchev–Trinajstić information content (AvgIpc) is 2.23. The summed E-state index contributed by atoms with van der Waals surface area (Å²) >= 11 is 0. The van der Waals surface area contributed by atoms with Crippen molar-refractivity contribution in [2.45, 2.75) is 39.3 Å². The van der Waals surface area contributed by atoms with Crippen LogP contribution in [-0.2, 0) is 4.79 Å². The molecule has 0 aromatic rings. The molecule has 0 aliphatic rings. The summed E-state index contributed by atoms with van der Waals surface area (Å²) in [5.41, 5.74) is 0. The Kier molecular flexibility index (Phi) is 7.95. The lowest BCUT2D eigenvalue weighted by Gasteiger charge is -2.18. The molecule has 0 fully saturated rings. The normalized spacial score (nSPS) is 11.6. The smallest absolute Gasteiger partial charge is 0.342 e. The standard InChI is InChI=1S/C11H21F3N2O/c1-3-16(4-2)10(17)9-15-8-6-5-7-11(12,13)14/h15H,3-9H2,1-2H3. The van der Waals surface area contributed by atoms with Crippen LogP contribution in [0, 0.1) is 0 Å². The van der Waals surface area contributed by atoms with E-state index in [1.54, 1.807) is 4.90 Å². The number of rotatable bonds is 8. The molecular formula is C11H21F3N2O. The molecule has 0 saturated heterocycles. The first-order valence-electron chi connectivity index (χ1n) is 5.96. The summed E-state index contributed by atoms with van der Waals surface area (Å²) in [6.07, 6.45) is -4.28. The number of hydrogen-bond donors (Lipinski definition) is 1. The lowest BCUT2D eigenvalue weighted by atomic mass is 10.2.